The lowest BCUT2D eigenvalue weighted by atomic mass is 10.1. The SMILES string of the molecule is Nc1cccc(Cc2nnn[nH]2)c1. The fourth-order valence-electron chi connectivity index (χ4n) is 1.15. The van der Waals surface area contributed by atoms with Crippen molar-refractivity contribution in [3.05, 3.63) is 35.7 Å². The summed E-state index contributed by atoms with van der Waals surface area (Å²) in [4.78, 5) is 0. The van der Waals surface area contributed by atoms with E-state index in [-0.39, 0.29) is 0 Å². The number of hydrogen-bond acceptors (Lipinski definition) is 4. The molecular formula is C8H9N5. The number of nitrogen functional groups attached to an aromatic ring is 1. The van der Waals surface area contributed by atoms with Crippen LogP contribution in [-0.2, 0) is 6.42 Å². The number of hydrogen-bond donors (Lipinski definition) is 2. The molecule has 2 aromatic rings. The lowest BCUT2D eigenvalue weighted by Crippen LogP contribution is -1.92. The molecule has 0 aliphatic rings. The molecule has 66 valence electrons. The van der Waals surface area contributed by atoms with Crippen molar-refractivity contribution in [3.8, 4) is 0 Å². The highest BCUT2D eigenvalue weighted by Gasteiger charge is 1.99. The van der Waals surface area contributed by atoms with Crippen LogP contribution < -0.4 is 5.73 Å². The number of benzene rings is 1. The van der Waals surface area contributed by atoms with Crippen LogP contribution in [0.25, 0.3) is 0 Å². The Labute approximate surface area is 75.0 Å². The number of anilines is 1. The molecule has 2 rings (SSSR count). The number of nitrogens with one attached hydrogen (secondary N) is 1. The second kappa shape index (κ2) is 3.22. The zero-order valence-corrected chi connectivity index (χ0v) is 6.94. The minimum Gasteiger partial charge on any atom is -0.399 e. The van der Waals surface area contributed by atoms with Gasteiger partial charge < -0.3 is 5.73 Å². The molecule has 0 saturated heterocycles. The van der Waals surface area contributed by atoms with E-state index in [2.05, 4.69) is 20.6 Å². The van der Waals surface area contributed by atoms with Crippen molar-refractivity contribution in [2.75, 3.05) is 5.73 Å². The smallest absolute Gasteiger partial charge is 0.152 e. The first-order chi connectivity index (χ1) is 6.34. The van der Waals surface area contributed by atoms with Gasteiger partial charge in [0.15, 0.2) is 5.82 Å². The minimum atomic E-state index is 0.679. The van der Waals surface area contributed by atoms with E-state index in [1.54, 1.807) is 0 Å². The van der Waals surface area contributed by atoms with Crippen LogP contribution in [0.15, 0.2) is 24.3 Å². The Bertz CT molecular complexity index is 381. The Morgan fingerprint density at radius 1 is 1.38 bits per heavy atom. The van der Waals surface area contributed by atoms with Gasteiger partial charge in [0, 0.05) is 12.1 Å². The summed E-state index contributed by atoms with van der Waals surface area (Å²) in [5.74, 6) is 0.741. The molecule has 1 aromatic carbocycles. The van der Waals surface area contributed by atoms with Gasteiger partial charge in [-0.15, -0.1) is 5.10 Å². The Morgan fingerprint density at radius 3 is 3.00 bits per heavy atom. The van der Waals surface area contributed by atoms with Crippen molar-refractivity contribution in [1.29, 1.82) is 0 Å². The molecular weight excluding hydrogens is 166 g/mol. The topological polar surface area (TPSA) is 80.5 Å². The van der Waals surface area contributed by atoms with E-state index in [0.717, 1.165) is 17.1 Å². The van der Waals surface area contributed by atoms with E-state index in [4.69, 9.17) is 5.73 Å². The highest BCUT2D eigenvalue weighted by atomic mass is 15.5. The van der Waals surface area contributed by atoms with Gasteiger partial charge in [-0.1, -0.05) is 12.1 Å². The second-order valence-corrected chi connectivity index (χ2v) is 2.77. The third kappa shape index (κ3) is 1.81. The Kier molecular flexibility index (Phi) is 1.91. The average molecular weight is 175 g/mol. The van der Waals surface area contributed by atoms with Crippen LogP contribution in [0.5, 0.6) is 0 Å². The van der Waals surface area contributed by atoms with Crippen molar-refractivity contribution < 1.29 is 0 Å². The van der Waals surface area contributed by atoms with E-state index >= 15 is 0 Å². The molecule has 3 N–H and O–H groups in total. The monoisotopic (exact) mass is 175 g/mol. The first-order valence-corrected chi connectivity index (χ1v) is 3.91. The molecule has 1 heterocycles. The molecule has 0 amide bonds. The van der Waals surface area contributed by atoms with Crippen molar-refractivity contribution in [3.63, 3.8) is 0 Å². The largest absolute Gasteiger partial charge is 0.399 e. The van der Waals surface area contributed by atoms with Gasteiger partial charge in [0.2, 0.25) is 0 Å². The summed E-state index contributed by atoms with van der Waals surface area (Å²) in [6.07, 6.45) is 0.679. The van der Waals surface area contributed by atoms with Gasteiger partial charge in [-0.05, 0) is 28.1 Å². The zero-order valence-electron chi connectivity index (χ0n) is 6.94. The van der Waals surface area contributed by atoms with Gasteiger partial charge in [-0.3, -0.25) is 0 Å². The lowest BCUT2D eigenvalue weighted by molar-refractivity contribution is 0.881. The second-order valence-electron chi connectivity index (χ2n) is 2.77. The maximum Gasteiger partial charge on any atom is 0.152 e. The van der Waals surface area contributed by atoms with Gasteiger partial charge in [-0.25, -0.2) is 5.10 Å². The zero-order chi connectivity index (χ0) is 9.10. The van der Waals surface area contributed by atoms with Crippen molar-refractivity contribution >= 4 is 5.69 Å². The molecule has 1 aromatic heterocycles. The molecule has 0 fully saturated rings. The fourth-order valence-corrected chi connectivity index (χ4v) is 1.15. The number of nitrogens with two attached hydrogens (primary N) is 1. The molecule has 0 radical (unpaired) electrons. The fraction of sp³-hybridized carbons (Fsp3) is 0.125. The summed E-state index contributed by atoms with van der Waals surface area (Å²) < 4.78 is 0. The van der Waals surface area contributed by atoms with E-state index in [1.165, 1.54) is 0 Å². The first kappa shape index (κ1) is 7.72. The van der Waals surface area contributed by atoms with Crippen molar-refractivity contribution in [1.82, 2.24) is 20.6 Å². The number of tetrazole rings is 1. The van der Waals surface area contributed by atoms with Crippen molar-refractivity contribution in [2.45, 2.75) is 6.42 Å². The van der Waals surface area contributed by atoms with Crippen LogP contribution in [0.2, 0.25) is 0 Å². The van der Waals surface area contributed by atoms with Gasteiger partial charge in [0.25, 0.3) is 0 Å². The van der Waals surface area contributed by atoms with E-state index in [9.17, 15) is 0 Å². The molecule has 0 unspecified atom stereocenters. The predicted molar refractivity (Wildman–Crippen MR) is 47.8 cm³/mol. The summed E-state index contributed by atoms with van der Waals surface area (Å²) in [6, 6.07) is 7.65. The summed E-state index contributed by atoms with van der Waals surface area (Å²) in [5.41, 5.74) is 7.48. The number of nitrogens with zero attached hydrogens (tertiary/aromatic N) is 3. The highest BCUT2D eigenvalue weighted by molar-refractivity contribution is 5.41. The van der Waals surface area contributed by atoms with Crippen LogP contribution >= 0.6 is 0 Å². The first-order valence-electron chi connectivity index (χ1n) is 3.91. The number of rotatable bonds is 2. The third-order valence-electron chi connectivity index (χ3n) is 1.71. The number of H-pyrrole nitrogens is 1. The molecule has 0 bridgehead atoms. The van der Waals surface area contributed by atoms with Gasteiger partial charge in [0.1, 0.15) is 0 Å². The maximum atomic E-state index is 5.63. The Hall–Kier alpha value is -1.91. The normalized spacial score (nSPS) is 10.2. The third-order valence-corrected chi connectivity index (χ3v) is 1.71. The van der Waals surface area contributed by atoms with Crippen LogP contribution in [0.4, 0.5) is 5.69 Å². The summed E-state index contributed by atoms with van der Waals surface area (Å²) >= 11 is 0. The van der Waals surface area contributed by atoms with E-state index in [1.807, 2.05) is 24.3 Å². The predicted octanol–water partition coefficient (Wildman–Crippen LogP) is 0.373. The summed E-state index contributed by atoms with van der Waals surface area (Å²) in [5, 5.41) is 13.5. The summed E-state index contributed by atoms with van der Waals surface area (Å²) in [6.45, 7) is 0. The molecule has 0 atom stereocenters. The van der Waals surface area contributed by atoms with E-state index in [0.29, 0.717) is 6.42 Å². The molecule has 5 nitrogen and oxygen atoms in total. The van der Waals surface area contributed by atoms with E-state index < -0.39 is 0 Å². The van der Waals surface area contributed by atoms with Crippen LogP contribution in [0, 0.1) is 0 Å². The van der Waals surface area contributed by atoms with Gasteiger partial charge in [0.05, 0.1) is 0 Å². The molecule has 0 spiro atoms. The number of aromatic nitrogens is 4. The minimum absolute atomic E-state index is 0.679. The highest BCUT2D eigenvalue weighted by Crippen LogP contribution is 2.08. The Balaban J connectivity index is 2.19. The number of aromatic amines is 1. The van der Waals surface area contributed by atoms with Gasteiger partial charge >= 0.3 is 0 Å². The van der Waals surface area contributed by atoms with Crippen LogP contribution in [-0.4, -0.2) is 20.6 Å². The maximum absolute atomic E-state index is 5.63. The standard InChI is InChI=1S/C8H9N5/c9-7-3-1-2-6(4-7)5-8-10-12-13-11-8/h1-4H,5,9H2,(H,10,11,12,13). The lowest BCUT2D eigenvalue weighted by Gasteiger charge is -1.97. The van der Waals surface area contributed by atoms with Crippen LogP contribution in [0.1, 0.15) is 11.4 Å². The molecule has 5 heteroatoms. The molecule has 0 saturated carbocycles. The van der Waals surface area contributed by atoms with Gasteiger partial charge in [-0.2, -0.15) is 0 Å². The molecule has 0 aliphatic heterocycles. The van der Waals surface area contributed by atoms with Crippen LogP contribution in [0.3, 0.4) is 0 Å². The van der Waals surface area contributed by atoms with Crippen molar-refractivity contribution in [2.24, 2.45) is 0 Å². The summed E-state index contributed by atoms with van der Waals surface area (Å²) in [7, 11) is 0. The average Bonchev–Trinajstić information content (AvgIpc) is 2.57. The molecule has 0 aliphatic carbocycles. The quantitative estimate of drug-likeness (QED) is 0.646. The Morgan fingerprint density at radius 2 is 2.31 bits per heavy atom. The molecule has 13 heavy (non-hydrogen) atoms.